The summed E-state index contributed by atoms with van der Waals surface area (Å²) in [6.07, 6.45) is 0. The van der Waals surface area contributed by atoms with Crippen molar-refractivity contribution >= 4 is 5.96 Å². The van der Waals surface area contributed by atoms with Gasteiger partial charge in [-0.3, -0.25) is 4.99 Å². The predicted molar refractivity (Wildman–Crippen MR) is 97.3 cm³/mol. The molecule has 0 bridgehead atoms. The number of aliphatic imine (C=N–C) groups is 1. The maximum Gasteiger partial charge on any atom is 0.191 e. The van der Waals surface area contributed by atoms with Crippen molar-refractivity contribution in [2.75, 3.05) is 46.6 Å². The molecule has 0 saturated heterocycles. The Morgan fingerprint density at radius 1 is 0.958 bits per heavy atom. The van der Waals surface area contributed by atoms with Gasteiger partial charge in [0.05, 0.1) is 26.4 Å². The second kappa shape index (κ2) is 13.8. The molecule has 24 heavy (non-hydrogen) atoms. The van der Waals surface area contributed by atoms with Crippen LogP contribution in [0.25, 0.3) is 0 Å². The highest BCUT2D eigenvalue weighted by Gasteiger charge is 2.00. The summed E-state index contributed by atoms with van der Waals surface area (Å²) in [4.78, 5) is 4.20. The van der Waals surface area contributed by atoms with Crippen molar-refractivity contribution in [3.63, 3.8) is 0 Å². The Morgan fingerprint density at radius 2 is 1.67 bits per heavy atom. The molecule has 0 aliphatic rings. The van der Waals surface area contributed by atoms with E-state index in [0.717, 1.165) is 31.3 Å². The Bertz CT molecular complexity index is 467. The van der Waals surface area contributed by atoms with Crippen molar-refractivity contribution in [3.05, 3.63) is 35.4 Å². The minimum atomic E-state index is 0.599. The average molecular weight is 337 g/mol. The Labute approximate surface area is 145 Å². The summed E-state index contributed by atoms with van der Waals surface area (Å²) in [6.45, 7) is 9.40. The van der Waals surface area contributed by atoms with Crippen LogP contribution in [0.4, 0.5) is 0 Å². The van der Waals surface area contributed by atoms with E-state index in [0.29, 0.717) is 33.0 Å². The molecule has 1 aromatic carbocycles. The quantitative estimate of drug-likeness (QED) is 0.347. The summed E-state index contributed by atoms with van der Waals surface area (Å²) in [5.41, 5.74) is 2.35. The molecule has 0 aromatic heterocycles. The number of ether oxygens (including phenoxy) is 3. The van der Waals surface area contributed by atoms with E-state index in [9.17, 15) is 0 Å². The minimum Gasteiger partial charge on any atom is -0.380 e. The van der Waals surface area contributed by atoms with E-state index in [4.69, 9.17) is 14.2 Å². The number of nitrogens with one attached hydrogen (secondary N) is 2. The Hall–Kier alpha value is -1.63. The van der Waals surface area contributed by atoms with E-state index in [-0.39, 0.29) is 0 Å². The Morgan fingerprint density at radius 3 is 2.42 bits per heavy atom. The van der Waals surface area contributed by atoms with Crippen LogP contribution in [0, 0.1) is 0 Å². The van der Waals surface area contributed by atoms with Gasteiger partial charge in [-0.15, -0.1) is 0 Å². The zero-order chi connectivity index (χ0) is 17.5. The van der Waals surface area contributed by atoms with E-state index >= 15 is 0 Å². The standard InChI is InChI=1S/C18H31N3O3/c1-4-22-10-9-20-18(19-3)21-14-16-7-6-8-17(13-16)15-24-12-11-23-5-2/h6-8,13H,4-5,9-12,14-15H2,1-3H3,(H2,19,20,21). The summed E-state index contributed by atoms with van der Waals surface area (Å²) < 4.78 is 16.2. The van der Waals surface area contributed by atoms with Gasteiger partial charge < -0.3 is 24.8 Å². The molecular formula is C18H31N3O3. The Balaban J connectivity index is 2.32. The fraction of sp³-hybridized carbons (Fsp3) is 0.611. The number of hydrogen-bond acceptors (Lipinski definition) is 4. The number of rotatable bonds is 12. The van der Waals surface area contributed by atoms with Crippen LogP contribution < -0.4 is 10.6 Å². The molecule has 0 radical (unpaired) electrons. The molecule has 0 amide bonds. The van der Waals surface area contributed by atoms with Crippen LogP contribution in [0.5, 0.6) is 0 Å². The molecule has 6 nitrogen and oxygen atoms in total. The maximum atomic E-state index is 5.60. The smallest absolute Gasteiger partial charge is 0.191 e. The summed E-state index contributed by atoms with van der Waals surface area (Å²) in [5, 5.41) is 6.51. The topological polar surface area (TPSA) is 64.1 Å². The minimum absolute atomic E-state index is 0.599. The van der Waals surface area contributed by atoms with Crippen LogP contribution in [0.1, 0.15) is 25.0 Å². The van der Waals surface area contributed by atoms with Crippen LogP contribution in [0.15, 0.2) is 29.3 Å². The van der Waals surface area contributed by atoms with Gasteiger partial charge in [0.15, 0.2) is 5.96 Å². The predicted octanol–water partition coefficient (Wildman–Crippen LogP) is 1.94. The Kier molecular flexibility index (Phi) is 11.7. The second-order valence-electron chi connectivity index (χ2n) is 5.12. The first kappa shape index (κ1) is 20.4. The molecule has 0 spiro atoms. The lowest BCUT2D eigenvalue weighted by Crippen LogP contribution is -2.38. The van der Waals surface area contributed by atoms with Gasteiger partial charge in [-0.05, 0) is 25.0 Å². The van der Waals surface area contributed by atoms with Crippen LogP contribution in [-0.4, -0.2) is 52.6 Å². The third-order valence-electron chi connectivity index (χ3n) is 3.26. The van der Waals surface area contributed by atoms with Crippen molar-refractivity contribution in [1.82, 2.24) is 10.6 Å². The molecule has 0 unspecified atom stereocenters. The van der Waals surface area contributed by atoms with E-state index in [2.05, 4.69) is 33.8 Å². The van der Waals surface area contributed by atoms with Crippen molar-refractivity contribution in [3.8, 4) is 0 Å². The van der Waals surface area contributed by atoms with Gasteiger partial charge in [-0.25, -0.2) is 0 Å². The lowest BCUT2D eigenvalue weighted by atomic mass is 10.1. The fourth-order valence-corrected chi connectivity index (χ4v) is 2.07. The summed E-state index contributed by atoms with van der Waals surface area (Å²) in [5.74, 6) is 0.771. The largest absolute Gasteiger partial charge is 0.380 e. The van der Waals surface area contributed by atoms with Gasteiger partial charge >= 0.3 is 0 Å². The first-order valence-corrected chi connectivity index (χ1v) is 8.55. The first-order valence-electron chi connectivity index (χ1n) is 8.55. The average Bonchev–Trinajstić information content (AvgIpc) is 2.61. The highest BCUT2D eigenvalue weighted by molar-refractivity contribution is 5.79. The SMILES string of the molecule is CCOCCNC(=NC)NCc1cccc(COCCOCC)c1. The lowest BCUT2D eigenvalue weighted by molar-refractivity contribution is 0.0453. The molecule has 136 valence electrons. The van der Waals surface area contributed by atoms with Crippen molar-refractivity contribution in [1.29, 1.82) is 0 Å². The maximum absolute atomic E-state index is 5.60. The lowest BCUT2D eigenvalue weighted by Gasteiger charge is -2.12. The fourth-order valence-electron chi connectivity index (χ4n) is 2.07. The molecule has 0 heterocycles. The number of nitrogens with zero attached hydrogens (tertiary/aromatic N) is 1. The number of benzene rings is 1. The van der Waals surface area contributed by atoms with Gasteiger partial charge in [-0.2, -0.15) is 0 Å². The molecule has 0 atom stereocenters. The highest BCUT2D eigenvalue weighted by atomic mass is 16.5. The number of hydrogen-bond donors (Lipinski definition) is 2. The summed E-state index contributed by atoms with van der Waals surface area (Å²) >= 11 is 0. The normalized spacial score (nSPS) is 11.5. The van der Waals surface area contributed by atoms with E-state index in [1.54, 1.807) is 7.05 Å². The van der Waals surface area contributed by atoms with Gasteiger partial charge in [0, 0.05) is 33.4 Å². The second-order valence-corrected chi connectivity index (χ2v) is 5.12. The van der Waals surface area contributed by atoms with Crippen LogP contribution in [0.2, 0.25) is 0 Å². The van der Waals surface area contributed by atoms with E-state index in [1.165, 1.54) is 5.56 Å². The molecule has 0 aliphatic carbocycles. The highest BCUT2D eigenvalue weighted by Crippen LogP contribution is 2.06. The first-order chi connectivity index (χ1) is 11.8. The van der Waals surface area contributed by atoms with Crippen molar-refractivity contribution < 1.29 is 14.2 Å². The molecule has 6 heteroatoms. The van der Waals surface area contributed by atoms with E-state index < -0.39 is 0 Å². The van der Waals surface area contributed by atoms with Crippen LogP contribution in [0.3, 0.4) is 0 Å². The van der Waals surface area contributed by atoms with Crippen LogP contribution >= 0.6 is 0 Å². The monoisotopic (exact) mass is 337 g/mol. The molecule has 0 fully saturated rings. The third kappa shape index (κ3) is 9.50. The van der Waals surface area contributed by atoms with Crippen molar-refractivity contribution in [2.24, 2.45) is 4.99 Å². The molecule has 2 N–H and O–H groups in total. The summed E-state index contributed by atoms with van der Waals surface area (Å²) in [6, 6.07) is 8.34. The van der Waals surface area contributed by atoms with Gasteiger partial charge in [-0.1, -0.05) is 24.3 Å². The number of guanidine groups is 1. The molecule has 1 aromatic rings. The molecule has 0 saturated carbocycles. The molecule has 1 rings (SSSR count). The van der Waals surface area contributed by atoms with E-state index in [1.807, 2.05) is 19.9 Å². The molecular weight excluding hydrogens is 306 g/mol. The van der Waals surface area contributed by atoms with Gasteiger partial charge in [0.1, 0.15) is 0 Å². The third-order valence-corrected chi connectivity index (χ3v) is 3.26. The van der Waals surface area contributed by atoms with Crippen molar-refractivity contribution in [2.45, 2.75) is 27.0 Å². The zero-order valence-corrected chi connectivity index (χ0v) is 15.1. The van der Waals surface area contributed by atoms with Crippen LogP contribution in [-0.2, 0) is 27.4 Å². The molecule has 0 aliphatic heterocycles. The zero-order valence-electron chi connectivity index (χ0n) is 15.1. The van der Waals surface area contributed by atoms with Gasteiger partial charge in [0.25, 0.3) is 0 Å². The van der Waals surface area contributed by atoms with Gasteiger partial charge in [0.2, 0.25) is 0 Å². The summed E-state index contributed by atoms with van der Waals surface area (Å²) in [7, 11) is 1.76.